The van der Waals surface area contributed by atoms with Crippen LogP contribution in [0.3, 0.4) is 0 Å². The molecule has 3 heteroatoms. The van der Waals surface area contributed by atoms with Gasteiger partial charge in [-0.1, -0.05) is 47.7 Å². The van der Waals surface area contributed by atoms with Crippen LogP contribution in [0.5, 0.6) is 5.75 Å². The van der Waals surface area contributed by atoms with Crippen molar-refractivity contribution in [3.05, 3.63) is 28.2 Å². The van der Waals surface area contributed by atoms with Crippen LogP contribution in [0.25, 0.3) is 0 Å². The third kappa shape index (κ3) is 3.27. The van der Waals surface area contributed by atoms with Gasteiger partial charge in [0.25, 0.3) is 0 Å². The van der Waals surface area contributed by atoms with Crippen LogP contribution < -0.4 is 10.1 Å². The van der Waals surface area contributed by atoms with Crippen molar-refractivity contribution < 1.29 is 4.74 Å². The van der Waals surface area contributed by atoms with Gasteiger partial charge in [0, 0.05) is 10.5 Å². The van der Waals surface area contributed by atoms with Crippen molar-refractivity contribution in [2.75, 3.05) is 14.2 Å². The van der Waals surface area contributed by atoms with E-state index in [0.717, 1.165) is 16.1 Å². The molecule has 18 heavy (non-hydrogen) atoms. The van der Waals surface area contributed by atoms with E-state index >= 15 is 0 Å². The van der Waals surface area contributed by atoms with Gasteiger partial charge in [-0.15, -0.1) is 0 Å². The largest absolute Gasteiger partial charge is 0.497 e. The molecule has 1 N–H and O–H groups in total. The number of nitrogens with one attached hydrogen (secondary N) is 1. The van der Waals surface area contributed by atoms with Crippen LogP contribution in [-0.2, 0) is 0 Å². The highest BCUT2D eigenvalue weighted by molar-refractivity contribution is 9.10. The van der Waals surface area contributed by atoms with Crippen molar-refractivity contribution in [2.45, 2.75) is 38.1 Å². The van der Waals surface area contributed by atoms with Crippen molar-refractivity contribution in [1.82, 2.24) is 5.32 Å². The van der Waals surface area contributed by atoms with E-state index in [9.17, 15) is 0 Å². The van der Waals surface area contributed by atoms with Gasteiger partial charge in [0.15, 0.2) is 0 Å². The molecule has 0 amide bonds. The molecule has 1 aliphatic carbocycles. The van der Waals surface area contributed by atoms with Crippen LogP contribution in [0.4, 0.5) is 0 Å². The Kier molecular flexibility index (Phi) is 5.07. The number of ether oxygens (including phenoxy) is 1. The summed E-state index contributed by atoms with van der Waals surface area (Å²) in [5.74, 6) is 1.79. The zero-order valence-electron chi connectivity index (χ0n) is 11.2. The number of rotatable bonds is 5. The summed E-state index contributed by atoms with van der Waals surface area (Å²) in [5, 5.41) is 3.45. The van der Waals surface area contributed by atoms with Gasteiger partial charge in [-0.2, -0.15) is 0 Å². The predicted octanol–water partition coefficient (Wildman–Crippen LogP) is 4.30. The number of hydrogen-bond donors (Lipinski definition) is 1. The zero-order chi connectivity index (χ0) is 13.0. The smallest absolute Gasteiger partial charge is 0.120 e. The van der Waals surface area contributed by atoms with E-state index in [4.69, 9.17) is 4.74 Å². The van der Waals surface area contributed by atoms with Crippen LogP contribution in [0.1, 0.15) is 43.7 Å². The first-order valence-corrected chi connectivity index (χ1v) is 7.54. The summed E-state index contributed by atoms with van der Waals surface area (Å²) < 4.78 is 6.38. The van der Waals surface area contributed by atoms with E-state index in [1.165, 1.54) is 37.7 Å². The summed E-state index contributed by atoms with van der Waals surface area (Å²) in [6.45, 7) is 0. The molecule has 2 nitrogen and oxygen atoms in total. The number of halogens is 1. The molecule has 100 valence electrons. The highest BCUT2D eigenvalue weighted by Gasteiger charge is 2.21. The summed E-state index contributed by atoms with van der Waals surface area (Å²) in [5.41, 5.74) is 1.34. The first kappa shape index (κ1) is 13.9. The Morgan fingerprint density at radius 2 is 2.11 bits per heavy atom. The summed E-state index contributed by atoms with van der Waals surface area (Å²) in [4.78, 5) is 0. The Balaban J connectivity index is 2.10. The van der Waals surface area contributed by atoms with Gasteiger partial charge in [0.2, 0.25) is 0 Å². The molecule has 0 aliphatic heterocycles. The normalized spacial score (nSPS) is 17.9. The predicted molar refractivity (Wildman–Crippen MR) is 79.1 cm³/mol. The summed E-state index contributed by atoms with van der Waals surface area (Å²) in [7, 11) is 3.76. The second kappa shape index (κ2) is 6.58. The van der Waals surface area contributed by atoms with Crippen LogP contribution in [0.15, 0.2) is 22.7 Å². The van der Waals surface area contributed by atoms with Crippen LogP contribution in [0.2, 0.25) is 0 Å². The number of methoxy groups -OCH3 is 1. The van der Waals surface area contributed by atoms with E-state index in [1.807, 2.05) is 12.1 Å². The molecular weight excluding hydrogens is 290 g/mol. The second-order valence-corrected chi connectivity index (χ2v) is 5.97. The zero-order valence-corrected chi connectivity index (χ0v) is 12.8. The maximum absolute atomic E-state index is 5.25. The molecule has 2 rings (SSSR count). The van der Waals surface area contributed by atoms with Gasteiger partial charge in [-0.05, 0) is 37.1 Å². The van der Waals surface area contributed by atoms with Gasteiger partial charge in [-0.25, -0.2) is 0 Å². The van der Waals surface area contributed by atoms with Crippen LogP contribution >= 0.6 is 15.9 Å². The molecule has 1 aromatic carbocycles. The third-order valence-corrected chi connectivity index (χ3v) is 4.66. The van der Waals surface area contributed by atoms with E-state index in [-0.39, 0.29) is 0 Å². The Labute approximate surface area is 118 Å². The molecule has 1 fully saturated rings. The molecule has 1 atom stereocenters. The minimum Gasteiger partial charge on any atom is -0.497 e. The monoisotopic (exact) mass is 311 g/mol. The van der Waals surface area contributed by atoms with Crippen molar-refractivity contribution >= 4 is 15.9 Å². The molecule has 0 radical (unpaired) electrons. The van der Waals surface area contributed by atoms with E-state index < -0.39 is 0 Å². The van der Waals surface area contributed by atoms with Gasteiger partial charge < -0.3 is 10.1 Å². The molecule has 0 heterocycles. The average molecular weight is 312 g/mol. The highest BCUT2D eigenvalue weighted by Crippen LogP contribution is 2.36. The first-order valence-electron chi connectivity index (χ1n) is 6.75. The first-order chi connectivity index (χ1) is 8.74. The lowest BCUT2D eigenvalue weighted by atomic mass is 9.93. The fourth-order valence-corrected chi connectivity index (χ4v) is 3.53. The number of benzene rings is 1. The number of hydrogen-bond acceptors (Lipinski definition) is 2. The summed E-state index contributed by atoms with van der Waals surface area (Å²) in [6, 6.07) is 6.69. The van der Waals surface area contributed by atoms with Gasteiger partial charge >= 0.3 is 0 Å². The molecule has 1 aromatic rings. The molecule has 0 aromatic heterocycles. The molecule has 0 spiro atoms. The highest BCUT2D eigenvalue weighted by atomic mass is 79.9. The molecule has 0 bridgehead atoms. The lowest BCUT2D eigenvalue weighted by molar-refractivity contribution is 0.406. The van der Waals surface area contributed by atoms with Gasteiger partial charge in [-0.3, -0.25) is 0 Å². The fraction of sp³-hybridized carbons (Fsp3) is 0.600. The second-order valence-electron chi connectivity index (χ2n) is 5.11. The van der Waals surface area contributed by atoms with E-state index in [0.29, 0.717) is 6.04 Å². The fourth-order valence-electron chi connectivity index (χ4n) is 2.90. The quantitative estimate of drug-likeness (QED) is 0.875. The van der Waals surface area contributed by atoms with Crippen LogP contribution in [0, 0.1) is 5.92 Å². The Morgan fingerprint density at radius 1 is 1.39 bits per heavy atom. The summed E-state index contributed by atoms with van der Waals surface area (Å²) in [6.07, 6.45) is 6.84. The molecule has 0 saturated heterocycles. The van der Waals surface area contributed by atoms with Crippen molar-refractivity contribution in [1.29, 1.82) is 0 Å². The Morgan fingerprint density at radius 3 is 2.67 bits per heavy atom. The van der Waals surface area contributed by atoms with Crippen molar-refractivity contribution in [3.8, 4) is 5.75 Å². The Hall–Kier alpha value is -0.540. The molecular formula is C15H22BrNO. The Bertz CT molecular complexity index is 388. The van der Waals surface area contributed by atoms with E-state index in [2.05, 4.69) is 34.4 Å². The minimum absolute atomic E-state index is 0.438. The molecule has 1 unspecified atom stereocenters. The van der Waals surface area contributed by atoms with Gasteiger partial charge in [0.05, 0.1) is 7.11 Å². The van der Waals surface area contributed by atoms with Crippen molar-refractivity contribution in [3.63, 3.8) is 0 Å². The standard InChI is InChI=1S/C15H22BrNO/c1-17-15(9-11-5-3-4-6-11)13-8-7-12(18-2)10-14(13)16/h7-8,10-11,15,17H,3-6,9H2,1-2H3. The third-order valence-electron chi connectivity index (χ3n) is 3.98. The lowest BCUT2D eigenvalue weighted by Crippen LogP contribution is -2.19. The average Bonchev–Trinajstić information content (AvgIpc) is 2.89. The van der Waals surface area contributed by atoms with Gasteiger partial charge in [0.1, 0.15) is 5.75 Å². The van der Waals surface area contributed by atoms with Crippen molar-refractivity contribution in [2.24, 2.45) is 5.92 Å². The lowest BCUT2D eigenvalue weighted by Gasteiger charge is -2.22. The molecule has 1 aliphatic rings. The maximum atomic E-state index is 5.25. The minimum atomic E-state index is 0.438. The topological polar surface area (TPSA) is 21.3 Å². The SMILES string of the molecule is CNC(CC1CCCC1)c1ccc(OC)cc1Br. The maximum Gasteiger partial charge on any atom is 0.120 e. The summed E-state index contributed by atoms with van der Waals surface area (Å²) >= 11 is 3.66. The van der Waals surface area contributed by atoms with E-state index in [1.54, 1.807) is 7.11 Å². The molecule has 1 saturated carbocycles. The van der Waals surface area contributed by atoms with Crippen LogP contribution in [-0.4, -0.2) is 14.2 Å².